The van der Waals surface area contributed by atoms with Gasteiger partial charge in [-0.1, -0.05) is 22.0 Å². The van der Waals surface area contributed by atoms with Crippen molar-refractivity contribution in [2.45, 2.75) is 6.92 Å². The molecule has 0 spiro atoms. The van der Waals surface area contributed by atoms with E-state index >= 15 is 0 Å². The molecule has 0 saturated heterocycles. The maximum atomic E-state index is 12.7. The molecule has 7 nitrogen and oxygen atoms in total. The van der Waals surface area contributed by atoms with Gasteiger partial charge in [-0.3, -0.25) is 4.79 Å². The lowest BCUT2D eigenvalue weighted by Gasteiger charge is -2.07. The monoisotopic (exact) mass is 423 g/mol. The number of anilines is 1. The van der Waals surface area contributed by atoms with Crippen LogP contribution in [0, 0.1) is 6.92 Å². The number of halogens is 1. The fourth-order valence-electron chi connectivity index (χ4n) is 2.62. The number of rotatable bonds is 4. The summed E-state index contributed by atoms with van der Waals surface area (Å²) < 4.78 is 8.19. The lowest BCUT2D eigenvalue weighted by atomic mass is 10.2. The van der Waals surface area contributed by atoms with Crippen LogP contribution in [0.25, 0.3) is 5.65 Å². The van der Waals surface area contributed by atoms with Gasteiger partial charge in [0.25, 0.3) is 5.91 Å². The zero-order chi connectivity index (χ0) is 18.8. The number of ether oxygens (including phenoxy) is 1. The second kappa shape index (κ2) is 7.16. The van der Waals surface area contributed by atoms with Gasteiger partial charge in [0.05, 0.1) is 17.6 Å². The van der Waals surface area contributed by atoms with Crippen molar-refractivity contribution in [1.29, 1.82) is 0 Å². The third-order valence-corrected chi connectivity index (χ3v) is 4.30. The molecule has 134 valence electrons. The fourth-order valence-corrected chi connectivity index (χ4v) is 3.00. The highest BCUT2D eigenvalue weighted by Gasteiger charge is 2.18. The van der Waals surface area contributed by atoms with Crippen LogP contribution < -0.4 is 10.1 Å². The molecule has 0 atom stereocenters. The van der Waals surface area contributed by atoms with Gasteiger partial charge in [-0.2, -0.15) is 5.10 Å². The molecule has 0 unspecified atom stereocenters. The number of carbonyl (C=O) groups is 1. The van der Waals surface area contributed by atoms with E-state index in [1.165, 1.54) is 0 Å². The van der Waals surface area contributed by atoms with Crippen molar-refractivity contribution >= 4 is 33.2 Å². The van der Waals surface area contributed by atoms with Gasteiger partial charge in [0.2, 0.25) is 5.88 Å². The van der Waals surface area contributed by atoms with Crippen LogP contribution in [0.4, 0.5) is 5.69 Å². The summed E-state index contributed by atoms with van der Waals surface area (Å²) in [7, 11) is 0. The Labute approximate surface area is 163 Å². The molecule has 4 rings (SSSR count). The quantitative estimate of drug-likeness (QED) is 0.530. The van der Waals surface area contributed by atoms with Crippen molar-refractivity contribution in [2.75, 3.05) is 5.32 Å². The molecule has 1 N–H and O–H groups in total. The molecule has 0 aliphatic heterocycles. The molecule has 0 bridgehead atoms. The van der Waals surface area contributed by atoms with Crippen molar-refractivity contribution in [1.82, 2.24) is 19.6 Å². The molecule has 27 heavy (non-hydrogen) atoms. The number of aryl methyl sites for hydroxylation is 1. The van der Waals surface area contributed by atoms with Gasteiger partial charge < -0.3 is 10.1 Å². The first kappa shape index (κ1) is 17.2. The normalized spacial score (nSPS) is 10.7. The SMILES string of the molecule is Cc1nn2cccnc2c1C(=O)Nc1ccc(Oc2cccc(Br)c2)nc1. The minimum atomic E-state index is -0.288. The second-order valence-corrected chi connectivity index (χ2v) is 6.66. The van der Waals surface area contributed by atoms with Crippen LogP contribution in [0.15, 0.2) is 65.5 Å². The third-order valence-electron chi connectivity index (χ3n) is 3.81. The molecule has 0 saturated carbocycles. The Morgan fingerprint density at radius 1 is 1.19 bits per heavy atom. The Balaban J connectivity index is 1.51. The predicted octanol–water partition coefficient (Wildman–Crippen LogP) is 4.24. The van der Waals surface area contributed by atoms with Crippen LogP contribution in [0.1, 0.15) is 16.1 Å². The van der Waals surface area contributed by atoms with Gasteiger partial charge in [-0.05, 0) is 37.3 Å². The first-order valence-corrected chi connectivity index (χ1v) is 8.90. The van der Waals surface area contributed by atoms with E-state index in [0.29, 0.717) is 34.2 Å². The third kappa shape index (κ3) is 3.65. The molecule has 0 aliphatic carbocycles. The molecule has 4 aromatic rings. The molecule has 1 amide bonds. The van der Waals surface area contributed by atoms with Crippen molar-refractivity contribution < 1.29 is 9.53 Å². The van der Waals surface area contributed by atoms with Gasteiger partial charge in [-0.15, -0.1) is 0 Å². The highest BCUT2D eigenvalue weighted by Crippen LogP contribution is 2.24. The molecular weight excluding hydrogens is 410 g/mol. The van der Waals surface area contributed by atoms with E-state index in [9.17, 15) is 4.79 Å². The van der Waals surface area contributed by atoms with E-state index in [4.69, 9.17) is 4.74 Å². The smallest absolute Gasteiger partial charge is 0.261 e. The zero-order valence-electron chi connectivity index (χ0n) is 14.3. The summed E-state index contributed by atoms with van der Waals surface area (Å²) in [5.74, 6) is 0.810. The molecule has 0 fully saturated rings. The summed E-state index contributed by atoms with van der Waals surface area (Å²) in [6.45, 7) is 1.77. The summed E-state index contributed by atoms with van der Waals surface area (Å²) in [5.41, 5.74) is 2.10. The number of amides is 1. The minimum Gasteiger partial charge on any atom is -0.439 e. The standard InChI is InChI=1S/C19H14BrN5O2/c1-12-17(18-21-8-3-9-25(18)24-12)19(26)23-14-6-7-16(22-11-14)27-15-5-2-4-13(20)10-15/h2-11H,1H3,(H,23,26). The lowest BCUT2D eigenvalue weighted by molar-refractivity contribution is 0.102. The first-order chi connectivity index (χ1) is 13.1. The number of benzene rings is 1. The van der Waals surface area contributed by atoms with E-state index in [-0.39, 0.29) is 5.91 Å². The van der Waals surface area contributed by atoms with Crippen LogP contribution >= 0.6 is 15.9 Å². The first-order valence-electron chi connectivity index (χ1n) is 8.11. The van der Waals surface area contributed by atoms with Crippen molar-refractivity contribution in [3.05, 3.63) is 76.8 Å². The largest absolute Gasteiger partial charge is 0.439 e. The van der Waals surface area contributed by atoms with Gasteiger partial charge >= 0.3 is 0 Å². The van der Waals surface area contributed by atoms with Crippen LogP contribution in [0.5, 0.6) is 11.6 Å². The number of pyridine rings is 1. The summed E-state index contributed by atoms with van der Waals surface area (Å²) in [6.07, 6.45) is 4.92. The summed E-state index contributed by atoms with van der Waals surface area (Å²) in [5, 5.41) is 7.12. The number of fused-ring (bicyclic) bond motifs is 1. The Kier molecular flexibility index (Phi) is 4.55. The van der Waals surface area contributed by atoms with Gasteiger partial charge in [0.1, 0.15) is 11.3 Å². The molecular formula is C19H14BrN5O2. The van der Waals surface area contributed by atoms with E-state index in [2.05, 4.69) is 36.3 Å². The Hall–Kier alpha value is -3.26. The maximum absolute atomic E-state index is 12.7. The fraction of sp³-hybridized carbons (Fsp3) is 0.0526. The van der Waals surface area contributed by atoms with Crippen molar-refractivity contribution in [3.63, 3.8) is 0 Å². The number of nitrogens with one attached hydrogen (secondary N) is 1. The van der Waals surface area contributed by atoms with Crippen LogP contribution in [-0.2, 0) is 0 Å². The summed E-state index contributed by atoms with van der Waals surface area (Å²) in [4.78, 5) is 21.1. The number of carbonyl (C=O) groups excluding carboxylic acids is 1. The minimum absolute atomic E-state index is 0.288. The van der Waals surface area contributed by atoms with Crippen LogP contribution in [-0.4, -0.2) is 25.5 Å². The number of nitrogens with zero attached hydrogens (tertiary/aromatic N) is 4. The van der Waals surface area contributed by atoms with Gasteiger partial charge in [0, 0.05) is 22.9 Å². The van der Waals surface area contributed by atoms with Gasteiger partial charge in [-0.25, -0.2) is 14.5 Å². The van der Waals surface area contributed by atoms with Crippen LogP contribution in [0.3, 0.4) is 0 Å². The number of aromatic nitrogens is 4. The highest BCUT2D eigenvalue weighted by atomic mass is 79.9. The predicted molar refractivity (Wildman–Crippen MR) is 104 cm³/mol. The Morgan fingerprint density at radius 2 is 2.07 bits per heavy atom. The molecule has 1 aromatic carbocycles. The van der Waals surface area contributed by atoms with Crippen molar-refractivity contribution in [2.24, 2.45) is 0 Å². The molecule has 3 heterocycles. The Bertz CT molecular complexity index is 1120. The summed E-state index contributed by atoms with van der Waals surface area (Å²) in [6, 6.07) is 12.7. The zero-order valence-corrected chi connectivity index (χ0v) is 15.8. The number of hydrogen-bond acceptors (Lipinski definition) is 5. The summed E-state index contributed by atoms with van der Waals surface area (Å²) >= 11 is 3.40. The topological polar surface area (TPSA) is 81.4 Å². The van der Waals surface area contributed by atoms with E-state index < -0.39 is 0 Å². The second-order valence-electron chi connectivity index (χ2n) is 5.75. The molecule has 3 aromatic heterocycles. The highest BCUT2D eigenvalue weighted by molar-refractivity contribution is 9.10. The Morgan fingerprint density at radius 3 is 2.85 bits per heavy atom. The molecule has 0 aliphatic rings. The molecule has 0 radical (unpaired) electrons. The average molecular weight is 424 g/mol. The maximum Gasteiger partial charge on any atom is 0.261 e. The molecule has 8 heteroatoms. The van der Waals surface area contributed by atoms with Crippen LogP contribution in [0.2, 0.25) is 0 Å². The lowest BCUT2D eigenvalue weighted by Crippen LogP contribution is -2.13. The van der Waals surface area contributed by atoms with E-state index in [1.807, 2.05) is 24.3 Å². The van der Waals surface area contributed by atoms with E-state index in [1.54, 1.807) is 48.2 Å². The number of hydrogen-bond donors (Lipinski definition) is 1. The van der Waals surface area contributed by atoms with Gasteiger partial charge in [0.15, 0.2) is 5.65 Å². The van der Waals surface area contributed by atoms with E-state index in [0.717, 1.165) is 4.47 Å². The van der Waals surface area contributed by atoms with Crippen molar-refractivity contribution in [3.8, 4) is 11.6 Å². The average Bonchev–Trinajstić information content (AvgIpc) is 2.99.